The lowest BCUT2D eigenvalue weighted by molar-refractivity contribution is -0.122. The van der Waals surface area contributed by atoms with Crippen molar-refractivity contribution in [3.63, 3.8) is 0 Å². The van der Waals surface area contributed by atoms with Gasteiger partial charge in [0.15, 0.2) is 0 Å². The van der Waals surface area contributed by atoms with E-state index in [1.165, 1.54) is 21.4 Å². The molecular formula is C22H19FN4O2S2. The fraction of sp³-hybridized carbons (Fsp3) is 0.182. The summed E-state index contributed by atoms with van der Waals surface area (Å²) in [7, 11) is 0. The molecule has 4 rings (SSSR count). The molecule has 6 nitrogen and oxygen atoms in total. The van der Waals surface area contributed by atoms with Gasteiger partial charge in [0.25, 0.3) is 11.5 Å². The Morgan fingerprint density at radius 2 is 1.97 bits per heavy atom. The Morgan fingerprint density at radius 1 is 1.19 bits per heavy atom. The minimum atomic E-state index is -0.342. The van der Waals surface area contributed by atoms with Crippen LogP contribution in [0.25, 0.3) is 11.7 Å². The van der Waals surface area contributed by atoms with E-state index < -0.39 is 0 Å². The Balaban J connectivity index is 1.71. The van der Waals surface area contributed by atoms with Crippen molar-refractivity contribution in [2.24, 2.45) is 0 Å². The molecule has 31 heavy (non-hydrogen) atoms. The van der Waals surface area contributed by atoms with E-state index in [9.17, 15) is 14.0 Å². The van der Waals surface area contributed by atoms with Crippen LogP contribution in [0.1, 0.15) is 24.5 Å². The van der Waals surface area contributed by atoms with Gasteiger partial charge < -0.3 is 5.32 Å². The van der Waals surface area contributed by atoms with Crippen LogP contribution in [-0.4, -0.2) is 31.1 Å². The van der Waals surface area contributed by atoms with Crippen LogP contribution < -0.4 is 10.9 Å². The number of benzene rings is 1. The monoisotopic (exact) mass is 454 g/mol. The average molecular weight is 455 g/mol. The van der Waals surface area contributed by atoms with Crippen molar-refractivity contribution in [2.45, 2.75) is 19.9 Å². The molecule has 1 amide bonds. The first-order valence-electron chi connectivity index (χ1n) is 9.73. The molecule has 2 aromatic heterocycles. The van der Waals surface area contributed by atoms with Crippen molar-refractivity contribution >= 4 is 51.7 Å². The second kappa shape index (κ2) is 8.99. The second-order valence-corrected chi connectivity index (χ2v) is 8.60. The zero-order valence-corrected chi connectivity index (χ0v) is 18.3. The van der Waals surface area contributed by atoms with Gasteiger partial charge in [-0.3, -0.25) is 18.9 Å². The lowest BCUT2D eigenvalue weighted by Gasteiger charge is -2.14. The van der Waals surface area contributed by atoms with Crippen LogP contribution in [0.5, 0.6) is 0 Å². The SMILES string of the molecule is CCCNc1nc2ccccn2c(=O)c1/C=C1/SC(=S)N(Cc2ccc(F)cc2)C1=O. The van der Waals surface area contributed by atoms with Crippen LogP contribution in [0.15, 0.2) is 58.4 Å². The van der Waals surface area contributed by atoms with Gasteiger partial charge in [-0.25, -0.2) is 9.37 Å². The van der Waals surface area contributed by atoms with Crippen LogP contribution >= 0.6 is 24.0 Å². The molecule has 0 unspecified atom stereocenters. The Kier molecular flexibility index (Phi) is 6.15. The van der Waals surface area contributed by atoms with Crippen LogP contribution in [0.2, 0.25) is 0 Å². The number of nitrogens with zero attached hydrogens (tertiary/aromatic N) is 3. The summed E-state index contributed by atoms with van der Waals surface area (Å²) in [4.78, 5) is 32.5. The summed E-state index contributed by atoms with van der Waals surface area (Å²) in [6.07, 6.45) is 4.05. The minimum Gasteiger partial charge on any atom is -0.369 e. The van der Waals surface area contributed by atoms with Crippen molar-refractivity contribution < 1.29 is 9.18 Å². The molecule has 9 heteroatoms. The van der Waals surface area contributed by atoms with Crippen LogP contribution in [-0.2, 0) is 11.3 Å². The van der Waals surface area contributed by atoms with Gasteiger partial charge in [0.05, 0.1) is 17.0 Å². The number of carbonyl (C=O) groups is 1. The summed E-state index contributed by atoms with van der Waals surface area (Å²) in [6, 6.07) is 11.2. The Bertz CT molecular complexity index is 1250. The average Bonchev–Trinajstić information content (AvgIpc) is 3.03. The quantitative estimate of drug-likeness (QED) is 0.448. The molecule has 1 N–H and O–H groups in total. The lowest BCUT2D eigenvalue weighted by Crippen LogP contribution is -2.27. The zero-order valence-electron chi connectivity index (χ0n) is 16.7. The largest absolute Gasteiger partial charge is 0.369 e. The molecule has 0 radical (unpaired) electrons. The summed E-state index contributed by atoms with van der Waals surface area (Å²) in [5.41, 5.74) is 1.32. The molecule has 0 bridgehead atoms. The zero-order chi connectivity index (χ0) is 22.0. The van der Waals surface area contributed by atoms with Gasteiger partial charge >= 0.3 is 0 Å². The van der Waals surface area contributed by atoms with Crippen molar-refractivity contribution in [1.29, 1.82) is 0 Å². The maximum Gasteiger partial charge on any atom is 0.267 e. The second-order valence-electron chi connectivity index (χ2n) is 6.93. The van der Waals surface area contributed by atoms with Crippen molar-refractivity contribution in [3.05, 3.63) is 80.9 Å². The first-order chi connectivity index (χ1) is 15.0. The fourth-order valence-corrected chi connectivity index (χ4v) is 4.39. The number of nitrogens with one attached hydrogen (secondary N) is 1. The summed E-state index contributed by atoms with van der Waals surface area (Å²) in [5, 5.41) is 3.18. The maximum absolute atomic E-state index is 13.2. The number of rotatable bonds is 6. The molecular weight excluding hydrogens is 435 g/mol. The van der Waals surface area contributed by atoms with Gasteiger partial charge in [-0.2, -0.15) is 0 Å². The smallest absolute Gasteiger partial charge is 0.267 e. The normalized spacial score (nSPS) is 15.3. The predicted octanol–water partition coefficient (Wildman–Crippen LogP) is 4.06. The third-order valence-electron chi connectivity index (χ3n) is 4.71. The van der Waals surface area contributed by atoms with Gasteiger partial charge in [-0.05, 0) is 42.3 Å². The number of aromatic nitrogens is 2. The summed E-state index contributed by atoms with van der Waals surface area (Å²) in [6.45, 7) is 2.89. The Hall–Kier alpha value is -3.04. The van der Waals surface area contributed by atoms with E-state index in [-0.39, 0.29) is 23.8 Å². The van der Waals surface area contributed by atoms with Crippen molar-refractivity contribution in [2.75, 3.05) is 11.9 Å². The fourth-order valence-electron chi connectivity index (χ4n) is 3.15. The first-order valence-corrected chi connectivity index (χ1v) is 11.0. The van der Waals surface area contributed by atoms with Crippen molar-refractivity contribution in [1.82, 2.24) is 14.3 Å². The van der Waals surface area contributed by atoms with E-state index in [4.69, 9.17) is 12.2 Å². The highest BCUT2D eigenvalue weighted by atomic mass is 32.2. The highest BCUT2D eigenvalue weighted by Gasteiger charge is 2.32. The molecule has 1 aliphatic rings. The van der Waals surface area contributed by atoms with Gasteiger partial charge in [0.1, 0.15) is 21.6 Å². The number of hydrogen-bond donors (Lipinski definition) is 1. The molecule has 0 spiro atoms. The van der Waals surface area contributed by atoms with Crippen LogP contribution in [0.4, 0.5) is 10.2 Å². The number of fused-ring (bicyclic) bond motifs is 1. The number of carbonyl (C=O) groups excluding carboxylic acids is 1. The predicted molar refractivity (Wildman–Crippen MR) is 125 cm³/mol. The lowest BCUT2D eigenvalue weighted by atomic mass is 10.2. The molecule has 158 valence electrons. The number of amides is 1. The van der Waals surface area contributed by atoms with Crippen LogP contribution in [0.3, 0.4) is 0 Å². The number of thioether (sulfide) groups is 1. The standard InChI is InChI=1S/C22H19FN4O2S2/c1-2-10-24-19-16(20(28)26-11-4-3-5-18(26)25-19)12-17-21(29)27(22(30)31-17)13-14-6-8-15(23)9-7-14/h3-9,11-12,24H,2,10,13H2,1H3/b17-12+. The molecule has 1 aromatic carbocycles. The number of halogens is 1. The summed E-state index contributed by atoms with van der Waals surface area (Å²) in [5.74, 6) is -0.203. The van der Waals surface area contributed by atoms with Gasteiger partial charge in [-0.1, -0.05) is 49.1 Å². The molecule has 0 saturated carbocycles. The van der Waals surface area contributed by atoms with Gasteiger partial charge in [0.2, 0.25) is 0 Å². The Morgan fingerprint density at radius 3 is 2.71 bits per heavy atom. The third kappa shape index (κ3) is 4.38. The molecule has 0 aliphatic carbocycles. The molecule has 3 aromatic rings. The third-order valence-corrected chi connectivity index (χ3v) is 6.09. The van der Waals surface area contributed by atoms with Gasteiger partial charge in [0, 0.05) is 12.7 Å². The maximum atomic E-state index is 13.2. The van der Waals surface area contributed by atoms with E-state index in [2.05, 4.69) is 10.3 Å². The highest BCUT2D eigenvalue weighted by Crippen LogP contribution is 2.34. The number of anilines is 1. The first kappa shape index (κ1) is 21.2. The molecule has 0 atom stereocenters. The van der Waals surface area contributed by atoms with E-state index in [1.54, 1.807) is 36.5 Å². The topological polar surface area (TPSA) is 66.7 Å². The van der Waals surface area contributed by atoms with E-state index >= 15 is 0 Å². The minimum absolute atomic E-state index is 0.234. The van der Waals surface area contributed by atoms with E-state index in [0.29, 0.717) is 32.8 Å². The molecule has 1 saturated heterocycles. The molecule has 1 fully saturated rings. The number of thiocarbonyl (C=S) groups is 1. The van der Waals surface area contributed by atoms with Crippen LogP contribution in [0, 0.1) is 5.82 Å². The number of hydrogen-bond acceptors (Lipinski definition) is 6. The van der Waals surface area contributed by atoms with Crippen molar-refractivity contribution in [3.8, 4) is 0 Å². The molecule has 3 heterocycles. The Labute approximate surface area is 187 Å². The number of pyridine rings is 1. The highest BCUT2D eigenvalue weighted by molar-refractivity contribution is 8.26. The van der Waals surface area contributed by atoms with E-state index in [1.807, 2.05) is 13.0 Å². The summed E-state index contributed by atoms with van der Waals surface area (Å²) < 4.78 is 15.0. The summed E-state index contributed by atoms with van der Waals surface area (Å²) >= 11 is 6.52. The van der Waals surface area contributed by atoms with Gasteiger partial charge in [-0.15, -0.1) is 0 Å². The molecule has 1 aliphatic heterocycles. The van der Waals surface area contributed by atoms with E-state index in [0.717, 1.165) is 23.7 Å².